The van der Waals surface area contributed by atoms with E-state index in [0.29, 0.717) is 22.8 Å². The normalized spacial score (nSPS) is 14.6. The summed E-state index contributed by atoms with van der Waals surface area (Å²) in [5.74, 6) is 0.305. The minimum Gasteiger partial charge on any atom is -0.481 e. The molecule has 4 rings (SSSR count). The van der Waals surface area contributed by atoms with Gasteiger partial charge >= 0.3 is 5.97 Å². The van der Waals surface area contributed by atoms with Gasteiger partial charge in [-0.1, -0.05) is 31.4 Å². The monoisotopic (exact) mass is 517 g/mol. The summed E-state index contributed by atoms with van der Waals surface area (Å²) in [5.41, 5.74) is 9.18. The van der Waals surface area contributed by atoms with Crippen LogP contribution in [0.25, 0.3) is 11.3 Å². The average Bonchev–Trinajstić information content (AvgIpc) is 3.32. The van der Waals surface area contributed by atoms with Crippen molar-refractivity contribution in [2.45, 2.75) is 51.5 Å². The number of carboxylic acid groups (broad SMARTS) is 1. The van der Waals surface area contributed by atoms with E-state index in [4.69, 9.17) is 15.3 Å². The van der Waals surface area contributed by atoms with Crippen molar-refractivity contribution >= 4 is 23.5 Å². The van der Waals surface area contributed by atoms with Crippen LogP contribution in [-0.4, -0.2) is 41.4 Å². The van der Waals surface area contributed by atoms with Crippen LogP contribution in [0.1, 0.15) is 76.6 Å². The van der Waals surface area contributed by atoms with Gasteiger partial charge < -0.3 is 25.5 Å². The van der Waals surface area contributed by atoms with Gasteiger partial charge in [-0.25, -0.2) is 0 Å². The number of anilines is 1. The third-order valence-corrected chi connectivity index (χ3v) is 7.31. The lowest BCUT2D eigenvalue weighted by atomic mass is 9.81. The number of hydrogen-bond acceptors (Lipinski definition) is 5. The van der Waals surface area contributed by atoms with Crippen molar-refractivity contribution in [1.29, 1.82) is 0 Å². The van der Waals surface area contributed by atoms with Gasteiger partial charge in [0.2, 0.25) is 5.91 Å². The first-order chi connectivity index (χ1) is 18.2. The van der Waals surface area contributed by atoms with Crippen molar-refractivity contribution in [2.75, 3.05) is 18.9 Å². The number of nitrogens with one attached hydrogen (secondary N) is 1. The number of carboxylic acids is 1. The van der Waals surface area contributed by atoms with Crippen molar-refractivity contribution in [1.82, 2.24) is 4.90 Å². The summed E-state index contributed by atoms with van der Waals surface area (Å²) in [4.78, 5) is 36.6. The topological polar surface area (TPSA) is 126 Å². The van der Waals surface area contributed by atoms with E-state index < -0.39 is 11.9 Å². The molecular weight excluding hydrogens is 482 g/mol. The Kier molecular flexibility index (Phi) is 8.51. The minimum absolute atomic E-state index is 0.0203. The smallest absolute Gasteiger partial charge is 0.305 e. The number of primary amides is 1. The van der Waals surface area contributed by atoms with Crippen LogP contribution in [0.3, 0.4) is 0 Å². The molecule has 1 atom stereocenters. The third kappa shape index (κ3) is 6.43. The van der Waals surface area contributed by atoms with Gasteiger partial charge in [-0.3, -0.25) is 14.4 Å². The highest BCUT2D eigenvalue weighted by Crippen LogP contribution is 2.40. The molecule has 0 spiro atoms. The molecule has 1 unspecified atom stereocenters. The Bertz CT molecular complexity index is 1290. The number of amides is 2. The van der Waals surface area contributed by atoms with Crippen LogP contribution in [-0.2, 0) is 4.79 Å². The maximum atomic E-state index is 12.7. The Balaban J connectivity index is 1.57. The predicted molar refractivity (Wildman–Crippen MR) is 146 cm³/mol. The molecule has 38 heavy (non-hydrogen) atoms. The van der Waals surface area contributed by atoms with Crippen LogP contribution in [0, 0.1) is 12.8 Å². The minimum atomic E-state index is -0.934. The number of aliphatic carboxylic acids is 1. The van der Waals surface area contributed by atoms with Crippen LogP contribution in [0.5, 0.6) is 0 Å². The lowest BCUT2D eigenvalue weighted by Gasteiger charge is -2.31. The van der Waals surface area contributed by atoms with Crippen molar-refractivity contribution in [2.24, 2.45) is 11.7 Å². The maximum Gasteiger partial charge on any atom is 0.305 e. The van der Waals surface area contributed by atoms with Crippen molar-refractivity contribution in [3.63, 3.8) is 0 Å². The first kappa shape index (κ1) is 27.0. The van der Waals surface area contributed by atoms with Gasteiger partial charge in [-0.2, -0.15) is 0 Å². The fourth-order valence-electron chi connectivity index (χ4n) is 5.16. The van der Waals surface area contributed by atoms with Gasteiger partial charge in [-0.15, -0.1) is 0 Å². The summed E-state index contributed by atoms with van der Waals surface area (Å²) in [6.45, 7) is 2.12. The van der Waals surface area contributed by atoms with Gasteiger partial charge in [0.05, 0.1) is 12.5 Å². The molecule has 1 aliphatic carbocycles. The van der Waals surface area contributed by atoms with Gasteiger partial charge in [0.15, 0.2) is 0 Å². The van der Waals surface area contributed by atoms with E-state index in [2.05, 4.69) is 11.4 Å². The summed E-state index contributed by atoms with van der Waals surface area (Å²) >= 11 is 0. The highest BCUT2D eigenvalue weighted by atomic mass is 16.4. The maximum absolute atomic E-state index is 12.7. The van der Waals surface area contributed by atoms with Gasteiger partial charge in [0.25, 0.3) is 5.91 Å². The van der Waals surface area contributed by atoms with E-state index in [1.54, 1.807) is 37.4 Å². The molecule has 0 aliphatic heterocycles. The zero-order chi connectivity index (χ0) is 27.2. The molecule has 0 bridgehead atoms. The standard InChI is InChI=1S/C30H35N3O5/c1-19-25(18-26(38-19)22-9-6-10-23(17-22)29(31)36)28(20-7-4-3-5-8-20)32-24-13-11-21(12-14-24)30(37)33(2)16-15-27(34)35/h6,9-14,17-18,20,28,32H,3-5,7-8,15-16H2,1-2H3,(H2,31,36)(H,34,35). The van der Waals surface area contributed by atoms with Crippen LogP contribution >= 0.6 is 0 Å². The molecule has 0 radical (unpaired) electrons. The van der Waals surface area contributed by atoms with E-state index in [9.17, 15) is 14.4 Å². The average molecular weight is 518 g/mol. The molecule has 1 heterocycles. The van der Waals surface area contributed by atoms with E-state index in [1.807, 2.05) is 25.1 Å². The molecule has 1 aliphatic rings. The summed E-state index contributed by atoms with van der Waals surface area (Å²) in [7, 11) is 1.61. The molecule has 2 aromatic carbocycles. The summed E-state index contributed by atoms with van der Waals surface area (Å²) in [6.07, 6.45) is 5.74. The molecule has 8 nitrogen and oxygen atoms in total. The number of nitrogens with two attached hydrogens (primary N) is 1. The second kappa shape index (κ2) is 12.0. The van der Waals surface area contributed by atoms with Crippen LogP contribution < -0.4 is 11.1 Å². The summed E-state index contributed by atoms with van der Waals surface area (Å²) in [5, 5.41) is 12.6. The van der Waals surface area contributed by atoms with Crippen LogP contribution in [0.4, 0.5) is 5.69 Å². The molecule has 3 aromatic rings. The molecular formula is C30H35N3O5. The van der Waals surface area contributed by atoms with Crippen LogP contribution in [0.2, 0.25) is 0 Å². The van der Waals surface area contributed by atoms with Gasteiger partial charge in [-0.05, 0) is 68.1 Å². The second-order valence-electron chi connectivity index (χ2n) is 10.0. The molecule has 1 fully saturated rings. The molecule has 8 heteroatoms. The molecule has 4 N–H and O–H groups in total. The predicted octanol–water partition coefficient (Wildman–Crippen LogP) is 5.63. The molecule has 1 aromatic heterocycles. The first-order valence-corrected chi connectivity index (χ1v) is 13.1. The number of carbonyl (C=O) groups is 3. The van der Waals surface area contributed by atoms with E-state index in [0.717, 1.165) is 35.4 Å². The summed E-state index contributed by atoms with van der Waals surface area (Å²) in [6, 6.07) is 16.5. The zero-order valence-electron chi connectivity index (χ0n) is 21.9. The number of furan rings is 1. The molecule has 2 amide bonds. The first-order valence-electron chi connectivity index (χ1n) is 13.1. The van der Waals surface area contributed by atoms with Crippen molar-refractivity contribution in [3.8, 4) is 11.3 Å². The van der Waals surface area contributed by atoms with Crippen LogP contribution in [0.15, 0.2) is 59.0 Å². The number of rotatable bonds is 10. The Hall–Kier alpha value is -4.07. The van der Waals surface area contributed by atoms with E-state index in [1.165, 1.54) is 24.2 Å². The lowest BCUT2D eigenvalue weighted by Crippen LogP contribution is -2.29. The van der Waals surface area contributed by atoms with Gasteiger partial charge in [0, 0.05) is 41.5 Å². The highest BCUT2D eigenvalue weighted by molar-refractivity contribution is 5.95. The quantitative estimate of drug-likeness (QED) is 0.320. The Morgan fingerprint density at radius 1 is 1.05 bits per heavy atom. The Labute approximate surface area is 222 Å². The van der Waals surface area contributed by atoms with Crippen molar-refractivity contribution < 1.29 is 23.9 Å². The molecule has 0 saturated heterocycles. The fraction of sp³-hybridized carbons (Fsp3) is 0.367. The van der Waals surface area contributed by atoms with E-state index >= 15 is 0 Å². The van der Waals surface area contributed by atoms with Crippen molar-refractivity contribution in [3.05, 3.63) is 77.0 Å². The Morgan fingerprint density at radius 2 is 1.76 bits per heavy atom. The highest BCUT2D eigenvalue weighted by Gasteiger charge is 2.29. The largest absolute Gasteiger partial charge is 0.481 e. The zero-order valence-corrected chi connectivity index (χ0v) is 21.9. The summed E-state index contributed by atoms with van der Waals surface area (Å²) < 4.78 is 6.18. The second-order valence-corrected chi connectivity index (χ2v) is 10.0. The number of carbonyl (C=O) groups excluding carboxylic acids is 2. The SMILES string of the molecule is Cc1oc(-c2cccc(C(N)=O)c2)cc1C(Nc1ccc(C(=O)N(C)CCC(=O)O)cc1)C1CCCCC1. The van der Waals surface area contributed by atoms with Gasteiger partial charge in [0.1, 0.15) is 11.5 Å². The number of benzene rings is 2. The Morgan fingerprint density at radius 3 is 2.42 bits per heavy atom. The van der Waals surface area contributed by atoms with E-state index in [-0.39, 0.29) is 24.9 Å². The lowest BCUT2D eigenvalue weighted by molar-refractivity contribution is -0.137. The third-order valence-electron chi connectivity index (χ3n) is 7.31. The number of hydrogen-bond donors (Lipinski definition) is 3. The molecule has 1 saturated carbocycles. The fourth-order valence-corrected chi connectivity index (χ4v) is 5.16. The molecule has 200 valence electrons. The number of nitrogens with zero attached hydrogens (tertiary/aromatic N) is 1. The number of aryl methyl sites for hydroxylation is 1.